The Morgan fingerprint density at radius 3 is 2.48 bits per heavy atom. The number of carbonyl (C=O) groups excluding carboxylic acids is 1. The molecular weight excluding hydrogens is 403 g/mol. The molecule has 5 nitrogen and oxygen atoms in total. The van der Waals surface area contributed by atoms with E-state index in [-0.39, 0.29) is 16.2 Å². The third-order valence-electron chi connectivity index (χ3n) is 3.80. The maximum atomic E-state index is 12.6. The average molecular weight is 421 g/mol. The highest BCUT2D eigenvalue weighted by Gasteiger charge is 2.28. The predicted molar refractivity (Wildman–Crippen MR) is 102 cm³/mol. The van der Waals surface area contributed by atoms with Crippen LogP contribution in [0, 0.1) is 0 Å². The molecule has 0 aliphatic carbocycles. The van der Waals surface area contributed by atoms with Crippen LogP contribution in [0.2, 0.25) is 10.0 Å². The minimum atomic E-state index is -3.72. The number of rotatable bonds is 6. The van der Waals surface area contributed by atoms with Gasteiger partial charge in [-0.1, -0.05) is 35.3 Å². The molecule has 1 N–H and O–H groups in total. The quantitative estimate of drug-likeness (QED) is 0.769. The zero-order valence-electron chi connectivity index (χ0n) is 13.9. The number of sulfonamides is 1. The van der Waals surface area contributed by atoms with Crippen LogP contribution in [-0.2, 0) is 14.8 Å². The number of nitrogens with one attached hydrogen (secondary N) is 1. The maximum absolute atomic E-state index is 12.6. The molecule has 1 aromatic carbocycles. The molecule has 1 amide bonds. The van der Waals surface area contributed by atoms with Crippen molar-refractivity contribution in [3.05, 3.63) is 51.3 Å². The highest BCUT2D eigenvalue weighted by atomic mass is 35.5. The maximum Gasteiger partial charge on any atom is 0.250 e. The van der Waals surface area contributed by atoms with Crippen molar-refractivity contribution in [2.45, 2.75) is 30.1 Å². The molecule has 1 heterocycles. The fourth-order valence-corrected chi connectivity index (χ4v) is 5.08. The minimum absolute atomic E-state index is 0.170. The van der Waals surface area contributed by atoms with Crippen LogP contribution < -0.4 is 4.72 Å². The molecule has 0 radical (unpaired) electrons. The van der Waals surface area contributed by atoms with E-state index in [1.165, 1.54) is 17.9 Å². The molecule has 0 aliphatic rings. The highest BCUT2D eigenvalue weighted by Crippen LogP contribution is 2.29. The first-order chi connectivity index (χ1) is 11.6. The molecule has 0 saturated heterocycles. The molecule has 2 rings (SSSR count). The van der Waals surface area contributed by atoms with Crippen molar-refractivity contribution in [3.8, 4) is 0 Å². The number of hydrogen-bond acceptors (Lipinski definition) is 4. The largest absolute Gasteiger partial charge is 0.338 e. The van der Waals surface area contributed by atoms with E-state index in [9.17, 15) is 13.2 Å². The molecule has 0 saturated carbocycles. The van der Waals surface area contributed by atoms with Crippen LogP contribution in [0.15, 0.2) is 39.9 Å². The van der Waals surface area contributed by atoms with Gasteiger partial charge in [-0.15, -0.1) is 11.3 Å². The highest BCUT2D eigenvalue weighted by molar-refractivity contribution is 7.91. The number of hydrogen-bond donors (Lipinski definition) is 1. The summed E-state index contributed by atoms with van der Waals surface area (Å²) >= 11 is 13.2. The Morgan fingerprint density at radius 1 is 1.24 bits per heavy atom. The van der Waals surface area contributed by atoms with Crippen LogP contribution in [0.4, 0.5) is 0 Å². The Labute approximate surface area is 161 Å². The molecule has 25 heavy (non-hydrogen) atoms. The monoisotopic (exact) mass is 420 g/mol. The van der Waals surface area contributed by atoms with Crippen molar-refractivity contribution >= 4 is 50.5 Å². The molecule has 0 aliphatic heterocycles. The predicted octanol–water partition coefficient (Wildman–Crippen LogP) is 3.94. The number of thiophene rings is 1. The van der Waals surface area contributed by atoms with Gasteiger partial charge >= 0.3 is 0 Å². The summed E-state index contributed by atoms with van der Waals surface area (Å²) in [5.41, 5.74) is 0.732. The van der Waals surface area contributed by atoms with Gasteiger partial charge in [-0.2, -0.15) is 4.72 Å². The smallest absolute Gasteiger partial charge is 0.250 e. The van der Waals surface area contributed by atoms with Gasteiger partial charge in [0.25, 0.3) is 10.0 Å². The second-order valence-electron chi connectivity index (χ2n) is 5.57. The number of benzene rings is 1. The summed E-state index contributed by atoms with van der Waals surface area (Å²) < 4.78 is 27.1. The number of halogens is 2. The van der Waals surface area contributed by atoms with Crippen molar-refractivity contribution < 1.29 is 13.2 Å². The normalized spacial score (nSPS) is 14.1. The van der Waals surface area contributed by atoms with E-state index < -0.39 is 16.1 Å². The van der Waals surface area contributed by atoms with Gasteiger partial charge in [-0.05, 0) is 43.0 Å². The van der Waals surface area contributed by atoms with Crippen LogP contribution in [0.25, 0.3) is 0 Å². The van der Waals surface area contributed by atoms with E-state index in [4.69, 9.17) is 23.2 Å². The van der Waals surface area contributed by atoms with Crippen molar-refractivity contribution in [2.75, 3.05) is 7.05 Å². The van der Waals surface area contributed by atoms with Crippen molar-refractivity contribution in [3.63, 3.8) is 0 Å². The molecule has 0 bridgehead atoms. The Morgan fingerprint density at radius 2 is 1.92 bits per heavy atom. The first-order valence-corrected chi connectivity index (χ1v) is 10.5. The third kappa shape index (κ3) is 4.74. The Balaban J connectivity index is 2.13. The lowest BCUT2D eigenvalue weighted by molar-refractivity contribution is -0.133. The molecule has 2 aromatic rings. The molecule has 0 fully saturated rings. The topological polar surface area (TPSA) is 66.5 Å². The molecule has 9 heteroatoms. The molecular formula is C16H18Cl2N2O3S2. The number of amides is 1. The van der Waals surface area contributed by atoms with E-state index in [0.717, 1.165) is 16.9 Å². The molecule has 1 aromatic heterocycles. The van der Waals surface area contributed by atoms with Gasteiger partial charge in [0.15, 0.2) is 0 Å². The molecule has 2 atom stereocenters. The summed E-state index contributed by atoms with van der Waals surface area (Å²) in [6.45, 7) is 3.33. The van der Waals surface area contributed by atoms with Gasteiger partial charge in [0, 0.05) is 17.1 Å². The summed E-state index contributed by atoms with van der Waals surface area (Å²) in [7, 11) is -2.12. The Bertz CT molecular complexity index is 854. The van der Waals surface area contributed by atoms with Crippen molar-refractivity contribution in [1.82, 2.24) is 9.62 Å². The summed E-state index contributed by atoms with van der Waals surface area (Å²) in [4.78, 5) is 14.1. The Hall–Kier alpha value is -1.12. The van der Waals surface area contributed by atoms with E-state index in [1.54, 1.807) is 36.7 Å². The zero-order chi connectivity index (χ0) is 18.8. The summed E-state index contributed by atoms with van der Waals surface area (Å²) in [5, 5.41) is 2.62. The lowest BCUT2D eigenvalue weighted by Crippen LogP contribution is -2.46. The fourth-order valence-electron chi connectivity index (χ4n) is 2.30. The van der Waals surface area contributed by atoms with E-state index >= 15 is 0 Å². The van der Waals surface area contributed by atoms with Gasteiger partial charge < -0.3 is 4.90 Å². The van der Waals surface area contributed by atoms with Gasteiger partial charge in [0.2, 0.25) is 5.91 Å². The van der Waals surface area contributed by atoms with Gasteiger partial charge in [-0.25, -0.2) is 8.42 Å². The Kier molecular flexibility index (Phi) is 6.51. The van der Waals surface area contributed by atoms with Crippen LogP contribution >= 0.6 is 34.5 Å². The van der Waals surface area contributed by atoms with Crippen LogP contribution in [0.1, 0.15) is 25.5 Å². The molecule has 136 valence electrons. The van der Waals surface area contributed by atoms with E-state index in [0.29, 0.717) is 10.0 Å². The SMILES string of the molecule is CC(NS(=O)(=O)c1cccs1)C(=O)N(C)C(C)c1ccc(Cl)cc1Cl. The van der Waals surface area contributed by atoms with Crippen LogP contribution in [-0.4, -0.2) is 32.3 Å². The second-order valence-corrected chi connectivity index (χ2v) is 9.30. The third-order valence-corrected chi connectivity index (χ3v) is 7.30. The zero-order valence-corrected chi connectivity index (χ0v) is 17.0. The molecule has 0 spiro atoms. The lowest BCUT2D eigenvalue weighted by Gasteiger charge is -2.28. The number of carbonyl (C=O) groups is 1. The summed E-state index contributed by atoms with van der Waals surface area (Å²) in [5.74, 6) is -0.362. The van der Waals surface area contributed by atoms with E-state index in [1.807, 2.05) is 6.92 Å². The number of nitrogens with zero attached hydrogens (tertiary/aromatic N) is 1. The first kappa shape index (κ1) is 20.2. The van der Waals surface area contributed by atoms with Crippen LogP contribution in [0.3, 0.4) is 0 Å². The number of likely N-dealkylation sites (N-methyl/N-ethyl adjacent to an activating group) is 1. The van der Waals surface area contributed by atoms with Gasteiger partial charge in [0.05, 0.1) is 12.1 Å². The first-order valence-electron chi connectivity index (χ1n) is 7.41. The van der Waals surface area contributed by atoms with E-state index in [2.05, 4.69) is 4.72 Å². The van der Waals surface area contributed by atoms with Crippen molar-refractivity contribution in [2.24, 2.45) is 0 Å². The average Bonchev–Trinajstić information content (AvgIpc) is 3.07. The minimum Gasteiger partial charge on any atom is -0.338 e. The fraction of sp³-hybridized carbons (Fsp3) is 0.312. The second kappa shape index (κ2) is 8.05. The van der Waals surface area contributed by atoms with Crippen LogP contribution in [0.5, 0.6) is 0 Å². The summed E-state index contributed by atoms with van der Waals surface area (Å²) in [6.07, 6.45) is 0. The lowest BCUT2D eigenvalue weighted by atomic mass is 10.1. The standard InChI is InChI=1S/C16H18Cl2N2O3S2/c1-10(19-25(22,23)15-5-4-8-24-15)16(21)20(3)11(2)13-7-6-12(17)9-14(13)18/h4-11,19H,1-3H3. The summed E-state index contributed by atoms with van der Waals surface area (Å²) in [6, 6.07) is 6.93. The van der Waals surface area contributed by atoms with Gasteiger partial charge in [-0.3, -0.25) is 4.79 Å². The molecule has 2 unspecified atom stereocenters. The van der Waals surface area contributed by atoms with Crippen molar-refractivity contribution in [1.29, 1.82) is 0 Å². The van der Waals surface area contributed by atoms with Gasteiger partial charge in [0.1, 0.15) is 4.21 Å².